The zero-order valence-electron chi connectivity index (χ0n) is 17.6. The first-order valence-corrected chi connectivity index (χ1v) is 10.3. The van der Waals surface area contributed by atoms with Crippen molar-refractivity contribution in [2.45, 2.75) is 12.6 Å². The van der Waals surface area contributed by atoms with Crippen LogP contribution in [0.15, 0.2) is 72.6 Å². The van der Waals surface area contributed by atoms with Crippen molar-refractivity contribution in [3.05, 3.63) is 99.4 Å². The van der Waals surface area contributed by atoms with Crippen molar-refractivity contribution in [3.63, 3.8) is 0 Å². The lowest BCUT2D eigenvalue weighted by molar-refractivity contribution is -0.384. The average Bonchev–Trinajstić information content (AvgIpc) is 3.42. The predicted octanol–water partition coefficient (Wildman–Crippen LogP) is 3.34. The van der Waals surface area contributed by atoms with Gasteiger partial charge in [0.15, 0.2) is 11.5 Å². The van der Waals surface area contributed by atoms with Crippen LogP contribution in [0.25, 0.3) is 5.76 Å². The van der Waals surface area contributed by atoms with Crippen molar-refractivity contribution >= 4 is 23.1 Å². The van der Waals surface area contributed by atoms with Crippen LogP contribution in [0.3, 0.4) is 0 Å². The van der Waals surface area contributed by atoms with Crippen LogP contribution in [0.5, 0.6) is 11.5 Å². The molecule has 2 aliphatic heterocycles. The Kier molecular flexibility index (Phi) is 5.17. The van der Waals surface area contributed by atoms with E-state index < -0.39 is 28.4 Å². The van der Waals surface area contributed by atoms with Gasteiger partial charge in [0.05, 0.1) is 16.5 Å². The molecule has 1 saturated heterocycles. The van der Waals surface area contributed by atoms with E-state index in [2.05, 4.69) is 4.98 Å². The molecule has 3 aromatic rings. The van der Waals surface area contributed by atoms with Gasteiger partial charge in [-0.05, 0) is 35.4 Å². The van der Waals surface area contributed by atoms with E-state index in [0.717, 1.165) is 0 Å². The highest BCUT2D eigenvalue weighted by molar-refractivity contribution is 6.46. The summed E-state index contributed by atoms with van der Waals surface area (Å²) in [6, 6.07) is 12.7. The fraction of sp³-hybridized carbons (Fsp3) is 0.125. The molecule has 1 amide bonds. The Bertz CT molecular complexity index is 1350. The second-order valence-electron chi connectivity index (χ2n) is 7.71. The largest absolute Gasteiger partial charge is 0.507 e. The number of nitrogens with zero attached hydrogens (tertiary/aromatic N) is 3. The number of likely N-dealkylation sites (tertiary alicyclic amines) is 1. The van der Waals surface area contributed by atoms with Gasteiger partial charge in [0.2, 0.25) is 6.79 Å². The van der Waals surface area contributed by atoms with E-state index in [1.54, 1.807) is 42.7 Å². The lowest BCUT2D eigenvalue weighted by Gasteiger charge is -2.25. The fourth-order valence-electron chi connectivity index (χ4n) is 4.09. The molecule has 10 heteroatoms. The van der Waals surface area contributed by atoms with Crippen LogP contribution in [-0.4, -0.2) is 38.4 Å². The van der Waals surface area contributed by atoms with Crippen molar-refractivity contribution in [1.29, 1.82) is 0 Å². The van der Waals surface area contributed by atoms with Crippen molar-refractivity contribution < 1.29 is 29.1 Å². The summed E-state index contributed by atoms with van der Waals surface area (Å²) in [5.74, 6) is -1.26. The van der Waals surface area contributed by atoms with E-state index in [9.17, 15) is 24.8 Å². The number of carbonyl (C=O) groups is 2. The Labute approximate surface area is 192 Å². The van der Waals surface area contributed by atoms with Crippen LogP contribution in [0, 0.1) is 10.1 Å². The lowest BCUT2D eigenvalue weighted by atomic mass is 9.94. The number of pyridine rings is 1. The van der Waals surface area contributed by atoms with Gasteiger partial charge in [0, 0.05) is 36.6 Å². The van der Waals surface area contributed by atoms with E-state index >= 15 is 0 Å². The third-order valence-electron chi connectivity index (χ3n) is 5.66. The Hall–Kier alpha value is -4.73. The molecule has 10 nitrogen and oxygen atoms in total. The summed E-state index contributed by atoms with van der Waals surface area (Å²) in [4.78, 5) is 42.4. The van der Waals surface area contributed by atoms with Gasteiger partial charge in [0.25, 0.3) is 17.4 Å². The lowest BCUT2D eigenvalue weighted by Crippen LogP contribution is -2.29. The van der Waals surface area contributed by atoms with Crippen LogP contribution in [-0.2, 0) is 16.1 Å². The van der Waals surface area contributed by atoms with Crippen LogP contribution >= 0.6 is 0 Å². The Balaban J connectivity index is 1.66. The van der Waals surface area contributed by atoms with Gasteiger partial charge in [-0.1, -0.05) is 18.2 Å². The van der Waals surface area contributed by atoms with Crippen LogP contribution < -0.4 is 9.47 Å². The van der Waals surface area contributed by atoms with Gasteiger partial charge in [-0.15, -0.1) is 0 Å². The number of aliphatic hydroxyl groups excluding tert-OH is 1. The number of hydrogen-bond donors (Lipinski definition) is 1. The highest BCUT2D eigenvalue weighted by Gasteiger charge is 2.46. The number of benzene rings is 2. The molecule has 1 aromatic heterocycles. The van der Waals surface area contributed by atoms with Crippen molar-refractivity contribution in [2.75, 3.05) is 6.79 Å². The van der Waals surface area contributed by atoms with Gasteiger partial charge in [0.1, 0.15) is 5.76 Å². The number of ether oxygens (including phenoxy) is 2. The first kappa shape index (κ1) is 21.1. The molecule has 170 valence electrons. The van der Waals surface area contributed by atoms with Crippen LogP contribution in [0.1, 0.15) is 22.7 Å². The maximum absolute atomic E-state index is 13.1. The summed E-state index contributed by atoms with van der Waals surface area (Å²) in [6.45, 7) is 0.0480. The summed E-state index contributed by atoms with van der Waals surface area (Å²) in [7, 11) is 0. The molecular formula is C24H17N3O7. The molecule has 0 radical (unpaired) electrons. The summed E-state index contributed by atoms with van der Waals surface area (Å²) < 4.78 is 10.6. The van der Waals surface area contributed by atoms with Gasteiger partial charge in [-0.2, -0.15) is 0 Å². The normalized spacial score (nSPS) is 18.4. The number of carbonyl (C=O) groups excluding carboxylic acids is 2. The van der Waals surface area contributed by atoms with Crippen molar-refractivity contribution in [3.8, 4) is 11.5 Å². The third kappa shape index (κ3) is 3.60. The van der Waals surface area contributed by atoms with E-state index in [0.29, 0.717) is 22.6 Å². The number of non-ortho nitro benzene ring substituents is 1. The predicted molar refractivity (Wildman–Crippen MR) is 118 cm³/mol. The number of nitro groups is 1. The standard InChI is InChI=1S/C24H17N3O7/c28-22(16-6-7-18-19(10-16)34-13-33-18)20-21(15-4-1-5-17(9-15)27(31)32)26(24(30)23(20)29)12-14-3-2-8-25-11-14/h1-11,21,28H,12-13H2/t21-/m0/s1. The minimum absolute atomic E-state index is 0.0176. The SMILES string of the molecule is O=C1C(=O)N(Cc2cccnc2)[C@@H](c2cccc([N+](=O)[O-])c2)C1=C(O)c1ccc2c(c1)OCO2. The van der Waals surface area contributed by atoms with Crippen LogP contribution in [0.4, 0.5) is 5.69 Å². The van der Waals surface area contributed by atoms with Crippen molar-refractivity contribution in [2.24, 2.45) is 0 Å². The first-order chi connectivity index (χ1) is 16.4. The highest BCUT2D eigenvalue weighted by Crippen LogP contribution is 2.42. The minimum Gasteiger partial charge on any atom is -0.507 e. The molecule has 0 spiro atoms. The van der Waals surface area contributed by atoms with Gasteiger partial charge < -0.3 is 19.5 Å². The molecule has 1 N–H and O–H groups in total. The molecular weight excluding hydrogens is 442 g/mol. The molecule has 34 heavy (non-hydrogen) atoms. The zero-order chi connectivity index (χ0) is 23.8. The Morgan fingerprint density at radius 1 is 1.12 bits per heavy atom. The minimum atomic E-state index is -1.05. The Morgan fingerprint density at radius 2 is 1.94 bits per heavy atom. The Morgan fingerprint density at radius 3 is 2.71 bits per heavy atom. The van der Waals surface area contributed by atoms with E-state index in [1.807, 2.05) is 0 Å². The molecule has 3 heterocycles. The first-order valence-electron chi connectivity index (χ1n) is 10.3. The van der Waals surface area contributed by atoms with E-state index in [4.69, 9.17) is 9.47 Å². The third-order valence-corrected chi connectivity index (χ3v) is 5.66. The molecule has 0 unspecified atom stereocenters. The molecule has 0 bridgehead atoms. The molecule has 1 fully saturated rings. The van der Waals surface area contributed by atoms with Crippen LogP contribution in [0.2, 0.25) is 0 Å². The molecule has 0 saturated carbocycles. The zero-order valence-corrected chi connectivity index (χ0v) is 17.6. The number of ketones is 1. The number of nitro benzene ring substituents is 1. The van der Waals surface area contributed by atoms with Gasteiger partial charge in [-0.3, -0.25) is 24.7 Å². The second kappa shape index (κ2) is 8.32. The fourth-order valence-corrected chi connectivity index (χ4v) is 4.09. The maximum Gasteiger partial charge on any atom is 0.295 e. The molecule has 2 aromatic carbocycles. The molecule has 2 aliphatic rings. The number of aliphatic hydroxyl groups is 1. The topological polar surface area (TPSA) is 132 Å². The molecule has 1 atom stereocenters. The summed E-state index contributed by atoms with van der Waals surface area (Å²) in [5.41, 5.74) is 0.849. The monoisotopic (exact) mass is 459 g/mol. The number of aromatic nitrogens is 1. The number of amides is 1. The maximum atomic E-state index is 13.1. The molecule has 0 aliphatic carbocycles. The number of hydrogen-bond acceptors (Lipinski definition) is 8. The smallest absolute Gasteiger partial charge is 0.295 e. The van der Waals surface area contributed by atoms with E-state index in [1.165, 1.54) is 29.2 Å². The average molecular weight is 459 g/mol. The summed E-state index contributed by atoms with van der Waals surface area (Å²) in [6.07, 6.45) is 3.14. The quantitative estimate of drug-likeness (QED) is 0.202. The molecule has 5 rings (SSSR count). The number of fused-ring (bicyclic) bond motifs is 1. The highest BCUT2D eigenvalue weighted by atomic mass is 16.7. The van der Waals surface area contributed by atoms with E-state index in [-0.39, 0.29) is 30.2 Å². The summed E-state index contributed by atoms with van der Waals surface area (Å²) in [5, 5.41) is 22.5. The van der Waals surface area contributed by atoms with Crippen molar-refractivity contribution in [1.82, 2.24) is 9.88 Å². The second-order valence-corrected chi connectivity index (χ2v) is 7.71. The number of rotatable bonds is 5. The number of Topliss-reactive ketones (excluding diaryl/α,β-unsaturated/α-hetero) is 1. The van der Waals surface area contributed by atoms with Gasteiger partial charge >= 0.3 is 0 Å². The summed E-state index contributed by atoms with van der Waals surface area (Å²) >= 11 is 0. The van der Waals surface area contributed by atoms with Gasteiger partial charge in [-0.25, -0.2) is 0 Å².